The molecular formula is C8H6N2OS2. The Morgan fingerprint density at radius 2 is 2.38 bits per heavy atom. The Morgan fingerprint density at radius 1 is 1.46 bits per heavy atom. The lowest BCUT2D eigenvalue weighted by Crippen LogP contribution is -2.05. The van der Waals surface area contributed by atoms with Crippen LogP contribution in [0.2, 0.25) is 0 Å². The molecule has 2 aromatic rings. The number of aromatic nitrogens is 2. The summed E-state index contributed by atoms with van der Waals surface area (Å²) in [6.45, 7) is 0. The molecule has 3 heterocycles. The van der Waals surface area contributed by atoms with Crippen LogP contribution in [0.15, 0.2) is 11.1 Å². The topological polar surface area (TPSA) is 45.8 Å². The molecule has 1 aliphatic heterocycles. The van der Waals surface area contributed by atoms with Gasteiger partial charge in [-0.25, -0.2) is 4.98 Å². The molecular weight excluding hydrogens is 204 g/mol. The zero-order valence-corrected chi connectivity index (χ0v) is 8.30. The van der Waals surface area contributed by atoms with Gasteiger partial charge in [0, 0.05) is 16.4 Å². The standard InChI is InChI=1S/C8H6N2OS2/c11-7-6-4-1-12-2-5(4)13-8(6)10-3-9-7/h3H,1-2H2,(H,9,10,11). The Morgan fingerprint density at radius 3 is 3.31 bits per heavy atom. The van der Waals surface area contributed by atoms with E-state index in [0.29, 0.717) is 0 Å². The molecule has 5 heteroatoms. The maximum atomic E-state index is 11.5. The largest absolute Gasteiger partial charge is 0.313 e. The van der Waals surface area contributed by atoms with Crippen LogP contribution in [0.3, 0.4) is 0 Å². The summed E-state index contributed by atoms with van der Waals surface area (Å²) in [6, 6.07) is 0. The second kappa shape index (κ2) is 2.59. The molecule has 0 spiro atoms. The number of thioether (sulfide) groups is 1. The van der Waals surface area contributed by atoms with Crippen molar-refractivity contribution in [2.75, 3.05) is 0 Å². The summed E-state index contributed by atoms with van der Waals surface area (Å²) in [5.74, 6) is 2.00. The van der Waals surface area contributed by atoms with E-state index in [0.717, 1.165) is 21.7 Å². The number of hydrogen-bond donors (Lipinski definition) is 1. The average molecular weight is 210 g/mol. The maximum Gasteiger partial charge on any atom is 0.259 e. The van der Waals surface area contributed by atoms with Gasteiger partial charge in [0.25, 0.3) is 5.56 Å². The molecule has 66 valence electrons. The Kier molecular flexibility index (Phi) is 1.51. The van der Waals surface area contributed by atoms with Crippen molar-refractivity contribution in [2.24, 2.45) is 0 Å². The molecule has 1 aliphatic rings. The van der Waals surface area contributed by atoms with Gasteiger partial charge >= 0.3 is 0 Å². The molecule has 0 atom stereocenters. The monoisotopic (exact) mass is 210 g/mol. The minimum Gasteiger partial charge on any atom is -0.313 e. The van der Waals surface area contributed by atoms with Crippen molar-refractivity contribution in [3.05, 3.63) is 27.1 Å². The minimum absolute atomic E-state index is 0.00463. The molecule has 3 nitrogen and oxygen atoms in total. The van der Waals surface area contributed by atoms with Gasteiger partial charge in [0.1, 0.15) is 4.83 Å². The number of fused-ring (bicyclic) bond motifs is 3. The van der Waals surface area contributed by atoms with Crippen LogP contribution in [0.25, 0.3) is 10.2 Å². The van der Waals surface area contributed by atoms with Gasteiger partial charge in [-0.1, -0.05) is 0 Å². The third-order valence-electron chi connectivity index (χ3n) is 2.16. The molecule has 2 aromatic heterocycles. The first kappa shape index (κ1) is 7.58. The van der Waals surface area contributed by atoms with Crippen LogP contribution in [-0.4, -0.2) is 9.97 Å². The third-order valence-corrected chi connectivity index (χ3v) is 4.46. The van der Waals surface area contributed by atoms with Gasteiger partial charge in [-0.05, 0) is 5.56 Å². The van der Waals surface area contributed by atoms with Crippen molar-refractivity contribution in [3.63, 3.8) is 0 Å². The number of H-pyrrole nitrogens is 1. The van der Waals surface area contributed by atoms with Crippen LogP contribution in [0.5, 0.6) is 0 Å². The van der Waals surface area contributed by atoms with Gasteiger partial charge in [-0.2, -0.15) is 11.8 Å². The first-order chi connectivity index (χ1) is 6.36. The summed E-state index contributed by atoms with van der Waals surface area (Å²) in [5, 5.41) is 0.813. The number of nitrogens with zero attached hydrogens (tertiary/aromatic N) is 1. The Labute approximate surface area is 82.2 Å². The lowest BCUT2D eigenvalue weighted by Gasteiger charge is -1.89. The van der Waals surface area contributed by atoms with Gasteiger partial charge in [0.15, 0.2) is 0 Å². The van der Waals surface area contributed by atoms with Crippen LogP contribution in [0.4, 0.5) is 0 Å². The van der Waals surface area contributed by atoms with Crippen molar-refractivity contribution in [1.29, 1.82) is 0 Å². The predicted octanol–water partition coefficient (Wildman–Crippen LogP) is 1.73. The first-order valence-electron chi connectivity index (χ1n) is 3.92. The van der Waals surface area contributed by atoms with Gasteiger partial charge in [0.2, 0.25) is 0 Å². The van der Waals surface area contributed by atoms with E-state index in [-0.39, 0.29) is 5.56 Å². The van der Waals surface area contributed by atoms with E-state index in [1.807, 2.05) is 11.8 Å². The van der Waals surface area contributed by atoms with E-state index in [4.69, 9.17) is 0 Å². The number of hydrogen-bond acceptors (Lipinski definition) is 4. The van der Waals surface area contributed by atoms with E-state index in [9.17, 15) is 4.79 Å². The lowest BCUT2D eigenvalue weighted by atomic mass is 10.2. The van der Waals surface area contributed by atoms with E-state index in [1.54, 1.807) is 11.3 Å². The number of aromatic amines is 1. The molecule has 0 unspecified atom stereocenters. The summed E-state index contributed by atoms with van der Waals surface area (Å²) < 4.78 is 0. The van der Waals surface area contributed by atoms with Crippen LogP contribution in [-0.2, 0) is 11.5 Å². The molecule has 0 saturated carbocycles. The van der Waals surface area contributed by atoms with Gasteiger partial charge < -0.3 is 4.98 Å². The Balaban J connectivity index is 2.53. The number of rotatable bonds is 0. The number of thiophene rings is 1. The van der Waals surface area contributed by atoms with Gasteiger partial charge in [-0.3, -0.25) is 4.79 Å². The van der Waals surface area contributed by atoms with Crippen molar-refractivity contribution >= 4 is 33.3 Å². The average Bonchev–Trinajstić information content (AvgIpc) is 2.62. The summed E-state index contributed by atoms with van der Waals surface area (Å²) >= 11 is 3.51. The smallest absolute Gasteiger partial charge is 0.259 e. The quantitative estimate of drug-likeness (QED) is 0.720. The fourth-order valence-electron chi connectivity index (χ4n) is 1.56. The maximum absolute atomic E-state index is 11.5. The predicted molar refractivity (Wildman–Crippen MR) is 55.2 cm³/mol. The fraction of sp³-hybridized carbons (Fsp3) is 0.250. The Bertz CT molecular complexity index is 528. The van der Waals surface area contributed by atoms with Crippen molar-refractivity contribution in [3.8, 4) is 0 Å². The molecule has 0 bridgehead atoms. The molecule has 13 heavy (non-hydrogen) atoms. The first-order valence-corrected chi connectivity index (χ1v) is 5.89. The van der Waals surface area contributed by atoms with Gasteiger partial charge in [0.05, 0.1) is 11.7 Å². The van der Waals surface area contributed by atoms with Crippen molar-refractivity contribution in [1.82, 2.24) is 9.97 Å². The van der Waals surface area contributed by atoms with Crippen LogP contribution in [0.1, 0.15) is 10.4 Å². The molecule has 0 radical (unpaired) electrons. The lowest BCUT2D eigenvalue weighted by molar-refractivity contribution is 1.18. The van der Waals surface area contributed by atoms with E-state index >= 15 is 0 Å². The minimum atomic E-state index is 0.00463. The van der Waals surface area contributed by atoms with Crippen molar-refractivity contribution < 1.29 is 0 Å². The van der Waals surface area contributed by atoms with E-state index < -0.39 is 0 Å². The van der Waals surface area contributed by atoms with Crippen molar-refractivity contribution in [2.45, 2.75) is 11.5 Å². The highest BCUT2D eigenvalue weighted by Crippen LogP contribution is 2.38. The highest BCUT2D eigenvalue weighted by atomic mass is 32.2. The van der Waals surface area contributed by atoms with Crippen LogP contribution >= 0.6 is 23.1 Å². The zero-order valence-electron chi connectivity index (χ0n) is 6.66. The van der Waals surface area contributed by atoms with E-state index in [1.165, 1.54) is 16.8 Å². The normalized spacial score (nSPS) is 15.1. The summed E-state index contributed by atoms with van der Waals surface area (Å²) in [6.07, 6.45) is 1.48. The van der Waals surface area contributed by atoms with E-state index in [2.05, 4.69) is 9.97 Å². The molecule has 0 aliphatic carbocycles. The summed E-state index contributed by atoms with van der Waals surface area (Å²) in [5.41, 5.74) is 1.21. The van der Waals surface area contributed by atoms with Crippen LogP contribution in [0, 0.1) is 0 Å². The second-order valence-corrected chi connectivity index (χ2v) is 4.98. The SMILES string of the molecule is O=c1[nH]cnc2sc3c(c12)CSC3. The highest BCUT2D eigenvalue weighted by molar-refractivity contribution is 7.98. The second-order valence-electron chi connectivity index (χ2n) is 2.91. The highest BCUT2D eigenvalue weighted by Gasteiger charge is 2.20. The Hall–Kier alpha value is -0.810. The fourth-order valence-corrected chi connectivity index (χ4v) is 4.08. The molecule has 0 aromatic carbocycles. The zero-order chi connectivity index (χ0) is 8.84. The third kappa shape index (κ3) is 0.971. The van der Waals surface area contributed by atoms with Gasteiger partial charge in [-0.15, -0.1) is 11.3 Å². The summed E-state index contributed by atoms with van der Waals surface area (Å²) in [4.78, 5) is 20.5. The molecule has 0 amide bonds. The number of nitrogens with one attached hydrogen (secondary N) is 1. The summed E-state index contributed by atoms with van der Waals surface area (Å²) in [7, 11) is 0. The molecule has 1 N–H and O–H groups in total. The molecule has 3 rings (SSSR count). The molecule has 0 saturated heterocycles. The molecule has 0 fully saturated rings. The van der Waals surface area contributed by atoms with Crippen LogP contribution < -0.4 is 5.56 Å².